The molecule has 3 aromatic rings. The molecule has 1 aromatic heterocycles. The lowest BCUT2D eigenvalue weighted by Gasteiger charge is -2.31. The number of carbonyl (C=O) groups is 1. The maximum Gasteiger partial charge on any atom is 0.435 e. The van der Waals surface area contributed by atoms with Crippen LogP contribution >= 0.6 is 11.6 Å². The Hall–Kier alpha value is -2.88. The van der Waals surface area contributed by atoms with Gasteiger partial charge >= 0.3 is 18.0 Å². The van der Waals surface area contributed by atoms with Crippen LogP contribution in [0, 0.1) is 19.8 Å². The van der Waals surface area contributed by atoms with Gasteiger partial charge in [0.25, 0.3) is 0 Å². The van der Waals surface area contributed by atoms with Crippen molar-refractivity contribution < 1.29 is 35.5 Å². The molecule has 4 rings (SSSR count). The van der Waals surface area contributed by atoms with Crippen LogP contribution in [0.5, 0.6) is 0 Å². The number of Topliss-reactive ketones (excluding diaryl/α,β-unsaturated/α-hetero) is 1. The number of halogens is 8. The van der Waals surface area contributed by atoms with E-state index in [1.807, 2.05) is 0 Å². The SMILES string of the molecule is Cc1cc(C(F)(C(F)(F)F)C(F)(F)F)cc(C)c1-n1cc(-c2ccc(Cl)c(C(=O)CC3CC3)c2)cn1. The van der Waals surface area contributed by atoms with Crippen molar-refractivity contribution in [2.45, 2.75) is 51.1 Å². The molecule has 0 spiro atoms. The number of aryl methyl sites for hydroxylation is 2. The average Bonchev–Trinajstić information content (AvgIpc) is 3.44. The fraction of sp³-hybridized carbons (Fsp3) is 0.360. The van der Waals surface area contributed by atoms with Gasteiger partial charge in [-0.3, -0.25) is 4.79 Å². The Balaban J connectivity index is 1.71. The quantitative estimate of drug-likeness (QED) is 0.237. The lowest BCUT2D eigenvalue weighted by molar-refractivity contribution is -0.348. The van der Waals surface area contributed by atoms with Gasteiger partial charge in [-0.1, -0.05) is 29.8 Å². The van der Waals surface area contributed by atoms with Crippen LogP contribution in [0.15, 0.2) is 42.7 Å². The van der Waals surface area contributed by atoms with Crippen molar-refractivity contribution in [3.63, 3.8) is 0 Å². The maximum absolute atomic E-state index is 14.6. The second-order valence-electron chi connectivity index (χ2n) is 9.05. The van der Waals surface area contributed by atoms with Gasteiger partial charge < -0.3 is 0 Å². The first-order valence-corrected chi connectivity index (χ1v) is 11.3. The number of aromatic nitrogens is 2. The van der Waals surface area contributed by atoms with E-state index < -0.39 is 23.6 Å². The minimum Gasteiger partial charge on any atom is -0.294 e. The molecule has 0 radical (unpaired) electrons. The molecule has 36 heavy (non-hydrogen) atoms. The van der Waals surface area contributed by atoms with Gasteiger partial charge in [-0.05, 0) is 61.4 Å². The largest absolute Gasteiger partial charge is 0.435 e. The van der Waals surface area contributed by atoms with Crippen molar-refractivity contribution in [1.82, 2.24) is 9.78 Å². The third-order valence-electron chi connectivity index (χ3n) is 6.25. The maximum atomic E-state index is 14.6. The van der Waals surface area contributed by atoms with E-state index in [0.717, 1.165) is 12.8 Å². The van der Waals surface area contributed by atoms with Crippen LogP contribution in [-0.4, -0.2) is 27.9 Å². The average molecular weight is 533 g/mol. The van der Waals surface area contributed by atoms with Gasteiger partial charge in [0.15, 0.2) is 5.78 Å². The lowest BCUT2D eigenvalue weighted by atomic mass is 9.90. The molecule has 2 aromatic carbocycles. The molecule has 1 aliphatic rings. The first-order valence-electron chi connectivity index (χ1n) is 11.0. The Morgan fingerprint density at radius 2 is 1.56 bits per heavy atom. The Kier molecular flexibility index (Phi) is 6.47. The van der Waals surface area contributed by atoms with Gasteiger partial charge in [0.05, 0.1) is 16.9 Å². The lowest BCUT2D eigenvalue weighted by Crippen LogP contribution is -2.50. The summed E-state index contributed by atoms with van der Waals surface area (Å²) >= 11 is 6.21. The minimum absolute atomic E-state index is 0.0356. The van der Waals surface area contributed by atoms with Crippen LogP contribution in [0.3, 0.4) is 0 Å². The standard InChI is InChI=1S/C25H20ClF7N2O/c1-13-7-18(23(27,24(28,29)30)25(31,32)33)8-14(2)22(13)35-12-17(11-34-35)16-5-6-20(26)19(10-16)21(36)9-15-3-4-15/h5-8,10-12,15H,3-4,9H2,1-2H3. The van der Waals surface area contributed by atoms with Crippen LogP contribution in [0.25, 0.3) is 16.8 Å². The molecule has 0 aliphatic heterocycles. The molecule has 192 valence electrons. The van der Waals surface area contributed by atoms with Crippen molar-refractivity contribution in [1.29, 1.82) is 0 Å². The van der Waals surface area contributed by atoms with E-state index >= 15 is 0 Å². The van der Waals surface area contributed by atoms with Crippen LogP contribution in [0.4, 0.5) is 30.7 Å². The van der Waals surface area contributed by atoms with E-state index in [9.17, 15) is 35.5 Å². The predicted molar refractivity (Wildman–Crippen MR) is 120 cm³/mol. The first-order chi connectivity index (χ1) is 16.6. The molecular formula is C25H20ClF7N2O. The van der Waals surface area contributed by atoms with Crippen LogP contribution in [0.2, 0.25) is 5.02 Å². The number of hydrogen-bond donors (Lipinski definition) is 0. The van der Waals surface area contributed by atoms with E-state index in [4.69, 9.17) is 11.6 Å². The zero-order valence-electron chi connectivity index (χ0n) is 19.1. The third kappa shape index (κ3) is 4.63. The van der Waals surface area contributed by atoms with Crippen LogP contribution in [0.1, 0.15) is 46.3 Å². The highest BCUT2D eigenvalue weighted by Crippen LogP contribution is 2.53. The normalized spacial score (nSPS) is 14.8. The number of alkyl halides is 7. The summed E-state index contributed by atoms with van der Waals surface area (Å²) in [7, 11) is 0. The summed E-state index contributed by atoms with van der Waals surface area (Å²) in [5.74, 6) is 0.287. The number of rotatable bonds is 6. The molecule has 11 heteroatoms. The number of ketones is 1. The number of nitrogens with zero attached hydrogens (tertiary/aromatic N) is 2. The van der Waals surface area contributed by atoms with Gasteiger partial charge in [-0.25, -0.2) is 9.07 Å². The second-order valence-corrected chi connectivity index (χ2v) is 9.46. The molecule has 0 atom stereocenters. The van der Waals surface area contributed by atoms with E-state index in [1.54, 1.807) is 18.2 Å². The highest BCUT2D eigenvalue weighted by Gasteiger charge is 2.73. The fourth-order valence-electron chi connectivity index (χ4n) is 4.21. The molecule has 0 N–H and O–H groups in total. The fourth-order valence-corrected chi connectivity index (χ4v) is 4.43. The van der Waals surface area contributed by atoms with Crippen molar-refractivity contribution in [2.75, 3.05) is 0 Å². The summed E-state index contributed by atoms with van der Waals surface area (Å²) < 4.78 is 95.1. The van der Waals surface area contributed by atoms with E-state index in [-0.39, 0.29) is 22.6 Å². The number of hydrogen-bond acceptors (Lipinski definition) is 2. The smallest absolute Gasteiger partial charge is 0.294 e. The summed E-state index contributed by atoms with van der Waals surface area (Å²) in [6.45, 7) is 2.55. The van der Waals surface area contributed by atoms with Gasteiger partial charge in [0, 0.05) is 29.3 Å². The zero-order valence-corrected chi connectivity index (χ0v) is 19.8. The van der Waals surface area contributed by atoms with E-state index in [0.29, 0.717) is 46.2 Å². The van der Waals surface area contributed by atoms with Gasteiger partial charge in [0.1, 0.15) is 0 Å². The molecule has 1 heterocycles. The van der Waals surface area contributed by atoms with E-state index in [1.165, 1.54) is 30.9 Å². The summed E-state index contributed by atoms with van der Waals surface area (Å²) in [6, 6.07) is 5.93. The third-order valence-corrected chi connectivity index (χ3v) is 6.58. The van der Waals surface area contributed by atoms with E-state index in [2.05, 4.69) is 5.10 Å². The number of carbonyl (C=O) groups excluding carboxylic acids is 1. The van der Waals surface area contributed by atoms with Crippen LogP contribution in [-0.2, 0) is 5.67 Å². The molecule has 0 bridgehead atoms. The zero-order chi connectivity index (χ0) is 26.6. The monoisotopic (exact) mass is 532 g/mol. The Bertz CT molecular complexity index is 1290. The molecule has 3 nitrogen and oxygen atoms in total. The van der Waals surface area contributed by atoms with Crippen molar-refractivity contribution >= 4 is 17.4 Å². The molecular weight excluding hydrogens is 513 g/mol. The summed E-state index contributed by atoms with van der Waals surface area (Å²) in [5.41, 5.74) is -5.42. The molecule has 0 unspecified atom stereocenters. The highest BCUT2D eigenvalue weighted by atomic mass is 35.5. The Labute approximate surface area is 206 Å². The van der Waals surface area contributed by atoms with Crippen molar-refractivity contribution in [3.8, 4) is 16.8 Å². The molecule has 0 saturated heterocycles. The second kappa shape index (κ2) is 8.90. The first kappa shape index (κ1) is 26.2. The number of benzene rings is 2. The van der Waals surface area contributed by atoms with Gasteiger partial charge in [-0.15, -0.1) is 0 Å². The summed E-state index contributed by atoms with van der Waals surface area (Å²) in [4.78, 5) is 12.6. The topological polar surface area (TPSA) is 34.9 Å². The Morgan fingerprint density at radius 1 is 0.972 bits per heavy atom. The molecule has 1 saturated carbocycles. The van der Waals surface area contributed by atoms with Gasteiger partial charge in [-0.2, -0.15) is 31.4 Å². The van der Waals surface area contributed by atoms with Crippen LogP contribution < -0.4 is 0 Å². The molecule has 1 aliphatic carbocycles. The molecule has 1 fully saturated rings. The highest BCUT2D eigenvalue weighted by molar-refractivity contribution is 6.34. The summed E-state index contributed by atoms with van der Waals surface area (Å²) in [6.07, 6.45) is -7.04. The van der Waals surface area contributed by atoms with Crippen molar-refractivity contribution in [2.24, 2.45) is 5.92 Å². The van der Waals surface area contributed by atoms with Gasteiger partial charge in [0.2, 0.25) is 0 Å². The predicted octanol–water partition coefficient (Wildman–Crippen LogP) is 8.08. The minimum atomic E-state index is -6.20. The summed E-state index contributed by atoms with van der Waals surface area (Å²) in [5, 5.41) is 4.50. The Morgan fingerprint density at radius 3 is 2.08 bits per heavy atom. The van der Waals surface area contributed by atoms with Crippen molar-refractivity contribution in [3.05, 3.63) is 70.0 Å². The molecule has 0 amide bonds.